The van der Waals surface area contributed by atoms with Crippen molar-refractivity contribution in [3.05, 3.63) is 0 Å². The van der Waals surface area contributed by atoms with Crippen LogP contribution >= 0.6 is 0 Å². The van der Waals surface area contributed by atoms with Crippen LogP contribution in [0.2, 0.25) is 0 Å². The van der Waals surface area contributed by atoms with Crippen LogP contribution in [0.3, 0.4) is 0 Å². The second-order valence-corrected chi connectivity index (χ2v) is 8.94. The molecule has 0 amide bonds. The molecule has 2 fully saturated rings. The fourth-order valence-corrected chi connectivity index (χ4v) is 4.85. The van der Waals surface area contributed by atoms with Crippen LogP contribution in [-0.2, 0) is 10.2 Å². The Morgan fingerprint density at radius 1 is 1.00 bits per heavy atom. The molecule has 0 aliphatic carbocycles. The Balaban J connectivity index is 1.74. The van der Waals surface area contributed by atoms with Crippen molar-refractivity contribution >= 4 is 10.2 Å². The van der Waals surface area contributed by atoms with Gasteiger partial charge in [-0.2, -0.15) is 12.7 Å². The lowest BCUT2D eigenvalue weighted by molar-refractivity contribution is 0.143. The van der Waals surface area contributed by atoms with Crippen LogP contribution in [0.1, 0.15) is 40.0 Å². The minimum Gasteiger partial charge on any atom is -0.302 e. The molecule has 2 aliphatic rings. The summed E-state index contributed by atoms with van der Waals surface area (Å²) in [4.78, 5) is 2.39. The average Bonchev–Trinajstić information content (AvgIpc) is 2.37. The number of hydrogen-bond donors (Lipinski definition) is 1. The molecule has 2 aliphatic heterocycles. The lowest BCUT2D eigenvalue weighted by atomic mass is 9.92. The van der Waals surface area contributed by atoms with Crippen LogP contribution in [0, 0.1) is 17.8 Å². The van der Waals surface area contributed by atoms with Crippen molar-refractivity contribution in [2.75, 3.05) is 39.3 Å². The zero-order chi connectivity index (χ0) is 15.5. The number of nitrogens with zero attached hydrogens (tertiary/aromatic N) is 2. The van der Waals surface area contributed by atoms with Crippen LogP contribution in [0.25, 0.3) is 0 Å². The van der Waals surface area contributed by atoms with Crippen molar-refractivity contribution in [3.8, 4) is 0 Å². The lowest BCUT2D eigenvalue weighted by Gasteiger charge is -2.35. The highest BCUT2D eigenvalue weighted by molar-refractivity contribution is 7.87. The average molecular weight is 317 g/mol. The number of piperidine rings is 2. The molecule has 0 bridgehead atoms. The highest BCUT2D eigenvalue weighted by Crippen LogP contribution is 2.20. The van der Waals surface area contributed by atoms with Gasteiger partial charge in [-0.05, 0) is 37.0 Å². The number of hydrogen-bond acceptors (Lipinski definition) is 3. The van der Waals surface area contributed by atoms with Gasteiger partial charge in [0.15, 0.2) is 0 Å². The molecule has 0 aromatic heterocycles. The van der Waals surface area contributed by atoms with Crippen LogP contribution < -0.4 is 4.72 Å². The first kappa shape index (κ1) is 17.2. The molecule has 1 N–H and O–H groups in total. The molecule has 124 valence electrons. The summed E-state index contributed by atoms with van der Waals surface area (Å²) in [5.41, 5.74) is 0. The summed E-state index contributed by atoms with van der Waals surface area (Å²) in [6, 6.07) is 0. The van der Waals surface area contributed by atoms with E-state index in [-0.39, 0.29) is 0 Å². The monoisotopic (exact) mass is 317 g/mol. The number of nitrogens with one attached hydrogen (secondary N) is 1. The van der Waals surface area contributed by atoms with E-state index in [4.69, 9.17) is 0 Å². The summed E-state index contributed by atoms with van der Waals surface area (Å²) in [6.45, 7) is 11.6. The van der Waals surface area contributed by atoms with Crippen molar-refractivity contribution in [1.29, 1.82) is 0 Å². The Hall–Kier alpha value is -0.170. The lowest BCUT2D eigenvalue weighted by Crippen LogP contribution is -2.48. The van der Waals surface area contributed by atoms with Crippen LogP contribution in [0.5, 0.6) is 0 Å². The van der Waals surface area contributed by atoms with E-state index in [2.05, 4.69) is 30.4 Å². The predicted octanol–water partition coefficient (Wildman–Crippen LogP) is 1.53. The second kappa shape index (κ2) is 7.40. The smallest absolute Gasteiger partial charge is 0.279 e. The molecule has 5 nitrogen and oxygen atoms in total. The first-order valence-corrected chi connectivity index (χ1v) is 9.78. The largest absolute Gasteiger partial charge is 0.302 e. The maximum atomic E-state index is 12.3. The highest BCUT2D eigenvalue weighted by atomic mass is 32.2. The van der Waals surface area contributed by atoms with Gasteiger partial charge < -0.3 is 4.90 Å². The Morgan fingerprint density at radius 2 is 1.57 bits per heavy atom. The molecular formula is C15H31N3O2S. The van der Waals surface area contributed by atoms with Gasteiger partial charge >= 0.3 is 0 Å². The molecule has 2 rings (SSSR count). The fraction of sp³-hybridized carbons (Fsp3) is 1.00. The fourth-order valence-electron chi connectivity index (χ4n) is 3.62. The molecular weight excluding hydrogens is 286 g/mol. The van der Waals surface area contributed by atoms with Gasteiger partial charge in [-0.15, -0.1) is 0 Å². The van der Waals surface area contributed by atoms with Gasteiger partial charge in [0, 0.05) is 39.3 Å². The molecule has 0 spiro atoms. The van der Waals surface area contributed by atoms with E-state index in [9.17, 15) is 8.42 Å². The predicted molar refractivity (Wildman–Crippen MR) is 86.3 cm³/mol. The van der Waals surface area contributed by atoms with Crippen molar-refractivity contribution < 1.29 is 8.42 Å². The first-order valence-electron chi connectivity index (χ1n) is 8.34. The molecule has 0 aromatic rings. The summed E-state index contributed by atoms with van der Waals surface area (Å²) in [7, 11) is -3.28. The van der Waals surface area contributed by atoms with Gasteiger partial charge in [0.1, 0.15) is 0 Å². The van der Waals surface area contributed by atoms with Gasteiger partial charge in [0.2, 0.25) is 0 Å². The van der Waals surface area contributed by atoms with Gasteiger partial charge in [0.05, 0.1) is 0 Å². The standard InChI is InChI=1S/C15H31N3O2S/c1-13-4-7-18(8-5-13)21(19,20)16-6-9-17-11-14(2)10-15(3)12-17/h13-16H,4-12H2,1-3H3. The molecule has 0 radical (unpaired) electrons. The van der Waals surface area contributed by atoms with E-state index in [0.717, 1.165) is 32.5 Å². The highest BCUT2D eigenvalue weighted by Gasteiger charge is 2.26. The summed E-state index contributed by atoms with van der Waals surface area (Å²) in [5, 5.41) is 0. The van der Waals surface area contributed by atoms with Crippen LogP contribution in [0.15, 0.2) is 0 Å². The third kappa shape index (κ3) is 5.20. The minimum atomic E-state index is -3.28. The van der Waals surface area contributed by atoms with E-state index in [1.807, 2.05) is 0 Å². The zero-order valence-electron chi connectivity index (χ0n) is 13.7. The van der Waals surface area contributed by atoms with Crippen molar-refractivity contribution in [3.63, 3.8) is 0 Å². The Labute approximate surface area is 130 Å². The molecule has 6 heteroatoms. The quantitative estimate of drug-likeness (QED) is 0.837. The summed E-state index contributed by atoms with van der Waals surface area (Å²) >= 11 is 0. The SMILES string of the molecule is CC1CCN(S(=O)(=O)NCCN2CC(C)CC(C)C2)CC1. The van der Waals surface area contributed by atoms with Crippen molar-refractivity contribution in [2.24, 2.45) is 17.8 Å². The molecule has 2 saturated heterocycles. The third-order valence-corrected chi connectivity index (χ3v) is 6.35. The van der Waals surface area contributed by atoms with Gasteiger partial charge in [-0.25, -0.2) is 4.72 Å². The molecule has 2 heterocycles. The minimum absolute atomic E-state index is 0.522. The number of likely N-dealkylation sites (tertiary alicyclic amines) is 1. The van der Waals surface area contributed by atoms with E-state index in [1.54, 1.807) is 4.31 Å². The van der Waals surface area contributed by atoms with E-state index in [0.29, 0.717) is 37.4 Å². The van der Waals surface area contributed by atoms with Crippen LogP contribution in [-0.4, -0.2) is 56.9 Å². The zero-order valence-corrected chi connectivity index (χ0v) is 14.5. The Kier molecular flexibility index (Phi) is 6.05. The summed E-state index contributed by atoms with van der Waals surface area (Å²) in [5.74, 6) is 2.08. The normalized spacial score (nSPS) is 30.6. The molecule has 0 aromatic carbocycles. The van der Waals surface area contributed by atoms with Crippen molar-refractivity contribution in [1.82, 2.24) is 13.9 Å². The first-order chi connectivity index (χ1) is 9.87. The van der Waals surface area contributed by atoms with E-state index in [1.165, 1.54) is 6.42 Å². The summed E-state index contributed by atoms with van der Waals surface area (Å²) in [6.07, 6.45) is 3.23. The molecule has 21 heavy (non-hydrogen) atoms. The molecule has 2 unspecified atom stereocenters. The van der Waals surface area contributed by atoms with Crippen LogP contribution in [0.4, 0.5) is 0 Å². The Bertz CT molecular complexity index is 409. The second-order valence-electron chi connectivity index (χ2n) is 7.19. The molecule has 0 saturated carbocycles. The number of rotatable bonds is 5. The van der Waals surface area contributed by atoms with Gasteiger partial charge in [-0.3, -0.25) is 0 Å². The molecule has 2 atom stereocenters. The van der Waals surface area contributed by atoms with E-state index < -0.39 is 10.2 Å². The summed E-state index contributed by atoms with van der Waals surface area (Å²) < 4.78 is 28.9. The van der Waals surface area contributed by atoms with Gasteiger partial charge in [-0.1, -0.05) is 20.8 Å². The maximum Gasteiger partial charge on any atom is 0.279 e. The van der Waals surface area contributed by atoms with E-state index >= 15 is 0 Å². The van der Waals surface area contributed by atoms with Gasteiger partial charge in [0.25, 0.3) is 10.2 Å². The van der Waals surface area contributed by atoms with Crippen molar-refractivity contribution in [2.45, 2.75) is 40.0 Å². The Morgan fingerprint density at radius 3 is 2.14 bits per heavy atom. The maximum absolute atomic E-state index is 12.3. The third-order valence-electron chi connectivity index (χ3n) is 4.74. The topological polar surface area (TPSA) is 52.7 Å².